The maximum atomic E-state index is 15.1. The van der Waals surface area contributed by atoms with E-state index in [0.29, 0.717) is 18.2 Å². The van der Waals surface area contributed by atoms with Gasteiger partial charge in [-0.2, -0.15) is 8.78 Å². The molecule has 1 atom stereocenters. The van der Waals surface area contributed by atoms with E-state index in [1.54, 1.807) is 12.1 Å². The number of aryl methyl sites for hydroxylation is 1. The summed E-state index contributed by atoms with van der Waals surface area (Å²) in [7, 11) is 0. The molecule has 8 heteroatoms. The molecule has 0 spiro atoms. The molecule has 0 aromatic heterocycles. The number of benzene rings is 3. The van der Waals surface area contributed by atoms with Crippen LogP contribution < -0.4 is 4.74 Å². The summed E-state index contributed by atoms with van der Waals surface area (Å²) in [6.07, 6.45) is -6.49. The summed E-state index contributed by atoms with van der Waals surface area (Å²) >= 11 is 0. The van der Waals surface area contributed by atoms with Crippen molar-refractivity contribution in [2.45, 2.75) is 38.4 Å². The zero-order valence-corrected chi connectivity index (χ0v) is 17.6. The molecule has 0 aliphatic carbocycles. The lowest BCUT2D eigenvalue weighted by molar-refractivity contribution is -0.187. The summed E-state index contributed by atoms with van der Waals surface area (Å²) in [5.74, 6) is -2.75. The smallest absolute Gasteiger partial charge is 0.427 e. The molecule has 1 saturated heterocycles. The van der Waals surface area contributed by atoms with Crippen molar-refractivity contribution >= 4 is 0 Å². The molecule has 1 aliphatic heterocycles. The Labute approximate surface area is 186 Å². The van der Waals surface area contributed by atoms with E-state index in [4.69, 9.17) is 4.74 Å². The highest BCUT2D eigenvalue weighted by atomic mass is 19.3. The molecular formula is C25H20F6O2. The fraction of sp³-hybridized carbons (Fsp3) is 0.280. The number of hydrogen-bond donors (Lipinski definition) is 0. The summed E-state index contributed by atoms with van der Waals surface area (Å²) in [5, 5.41) is 0. The number of halogens is 6. The summed E-state index contributed by atoms with van der Waals surface area (Å²) in [6, 6.07) is 11.1. The number of ether oxygens (including phenoxy) is 2. The van der Waals surface area contributed by atoms with E-state index in [9.17, 15) is 22.0 Å². The van der Waals surface area contributed by atoms with Crippen LogP contribution in [0.1, 0.15) is 48.1 Å². The molecule has 3 aromatic rings. The van der Waals surface area contributed by atoms with E-state index in [2.05, 4.69) is 4.74 Å². The number of alkyl halides is 4. The Morgan fingerprint density at radius 1 is 1.00 bits per heavy atom. The fourth-order valence-electron chi connectivity index (χ4n) is 3.67. The van der Waals surface area contributed by atoms with Gasteiger partial charge in [-0.25, -0.2) is 17.6 Å². The highest BCUT2D eigenvalue weighted by molar-refractivity contribution is 5.67. The third-order valence-electron chi connectivity index (χ3n) is 5.41. The minimum atomic E-state index is -4.25. The largest absolute Gasteiger partial charge is 0.429 e. The Bertz CT molecular complexity index is 1140. The van der Waals surface area contributed by atoms with Crippen LogP contribution in [0, 0.1) is 11.6 Å². The second-order valence-corrected chi connectivity index (χ2v) is 7.76. The van der Waals surface area contributed by atoms with Crippen LogP contribution in [-0.2, 0) is 17.3 Å². The average molecular weight is 466 g/mol. The van der Waals surface area contributed by atoms with E-state index < -0.39 is 40.9 Å². The van der Waals surface area contributed by atoms with Crippen molar-refractivity contribution in [3.05, 3.63) is 88.5 Å². The molecule has 3 aromatic carbocycles. The van der Waals surface area contributed by atoms with Crippen molar-refractivity contribution in [3.63, 3.8) is 0 Å². The standard InChI is InChI=1S/C25H20F6O2/c1-2-3-14-4-7-16(8-5-14)33-25(30,31)19-11-10-18(23(27)22(19)24(28)29)17-9-6-15(12-20(17)26)21-13-32-21/h4-12,21,24H,2-3,13H2,1H3. The van der Waals surface area contributed by atoms with Crippen molar-refractivity contribution in [1.29, 1.82) is 0 Å². The highest BCUT2D eigenvalue weighted by Gasteiger charge is 2.41. The molecule has 2 nitrogen and oxygen atoms in total. The van der Waals surface area contributed by atoms with Crippen molar-refractivity contribution in [2.24, 2.45) is 0 Å². The van der Waals surface area contributed by atoms with Gasteiger partial charge in [0.2, 0.25) is 0 Å². The molecule has 0 bridgehead atoms. The lowest BCUT2D eigenvalue weighted by atomic mass is 9.96. The lowest BCUT2D eigenvalue weighted by Crippen LogP contribution is -2.24. The van der Waals surface area contributed by atoms with E-state index >= 15 is 4.39 Å². The van der Waals surface area contributed by atoms with Gasteiger partial charge in [-0.3, -0.25) is 0 Å². The second kappa shape index (κ2) is 9.09. The van der Waals surface area contributed by atoms with E-state index in [-0.39, 0.29) is 17.4 Å². The molecule has 1 fully saturated rings. The van der Waals surface area contributed by atoms with Gasteiger partial charge in [0.15, 0.2) is 0 Å². The van der Waals surface area contributed by atoms with Crippen LogP contribution in [0.3, 0.4) is 0 Å². The summed E-state index contributed by atoms with van der Waals surface area (Å²) in [6.45, 7) is 2.39. The topological polar surface area (TPSA) is 21.8 Å². The van der Waals surface area contributed by atoms with Crippen LogP contribution in [0.5, 0.6) is 5.75 Å². The summed E-state index contributed by atoms with van der Waals surface area (Å²) < 4.78 is 96.5. The molecule has 4 rings (SSSR count). The van der Waals surface area contributed by atoms with Crippen LogP contribution in [0.15, 0.2) is 54.6 Å². The third-order valence-corrected chi connectivity index (χ3v) is 5.41. The molecule has 174 valence electrons. The van der Waals surface area contributed by atoms with Gasteiger partial charge in [-0.15, -0.1) is 0 Å². The number of hydrogen-bond acceptors (Lipinski definition) is 2. The Hall–Kier alpha value is -3.00. The second-order valence-electron chi connectivity index (χ2n) is 7.76. The molecular weight excluding hydrogens is 446 g/mol. The molecule has 33 heavy (non-hydrogen) atoms. The number of epoxide rings is 1. The molecule has 0 saturated carbocycles. The minimum Gasteiger partial charge on any atom is -0.429 e. The minimum absolute atomic E-state index is 0.256. The monoisotopic (exact) mass is 466 g/mol. The van der Waals surface area contributed by atoms with Crippen molar-refractivity contribution < 1.29 is 35.8 Å². The number of rotatable bonds is 8. The zero-order chi connectivity index (χ0) is 23.8. The zero-order valence-electron chi connectivity index (χ0n) is 17.6. The lowest BCUT2D eigenvalue weighted by Gasteiger charge is -2.22. The van der Waals surface area contributed by atoms with Gasteiger partial charge in [0.25, 0.3) is 6.43 Å². The van der Waals surface area contributed by atoms with Crippen LogP contribution >= 0.6 is 0 Å². The Morgan fingerprint density at radius 3 is 2.24 bits per heavy atom. The van der Waals surface area contributed by atoms with Crippen LogP contribution in [0.4, 0.5) is 26.3 Å². The van der Waals surface area contributed by atoms with Gasteiger partial charge in [-0.05, 0) is 41.8 Å². The summed E-state index contributed by atoms with van der Waals surface area (Å²) in [4.78, 5) is 0. The maximum Gasteiger partial charge on any atom is 0.427 e. The predicted molar refractivity (Wildman–Crippen MR) is 110 cm³/mol. The first-order valence-electron chi connectivity index (χ1n) is 10.4. The predicted octanol–water partition coefficient (Wildman–Crippen LogP) is 7.72. The SMILES string of the molecule is CCCc1ccc(OC(F)(F)c2ccc(-c3ccc(C4CO4)cc3F)c(F)c2C(F)F)cc1. The van der Waals surface area contributed by atoms with Gasteiger partial charge < -0.3 is 9.47 Å². The van der Waals surface area contributed by atoms with Crippen LogP contribution in [-0.4, -0.2) is 6.61 Å². The van der Waals surface area contributed by atoms with E-state index in [1.165, 1.54) is 24.3 Å². The van der Waals surface area contributed by atoms with Crippen LogP contribution in [0.25, 0.3) is 11.1 Å². The van der Waals surface area contributed by atoms with E-state index in [1.807, 2.05) is 6.92 Å². The normalized spacial score (nSPS) is 15.7. The first-order valence-corrected chi connectivity index (χ1v) is 10.4. The molecule has 1 unspecified atom stereocenters. The Balaban J connectivity index is 1.69. The van der Waals surface area contributed by atoms with Gasteiger partial charge in [0.05, 0.1) is 17.7 Å². The molecule has 1 heterocycles. The molecule has 1 aliphatic rings. The maximum absolute atomic E-state index is 15.1. The Kier molecular flexibility index (Phi) is 6.38. The fourth-order valence-corrected chi connectivity index (χ4v) is 3.67. The highest BCUT2D eigenvalue weighted by Crippen LogP contribution is 2.42. The molecule has 0 amide bonds. The van der Waals surface area contributed by atoms with Crippen LogP contribution in [0.2, 0.25) is 0 Å². The van der Waals surface area contributed by atoms with Gasteiger partial charge in [0.1, 0.15) is 23.5 Å². The van der Waals surface area contributed by atoms with E-state index in [0.717, 1.165) is 30.5 Å². The van der Waals surface area contributed by atoms with Crippen molar-refractivity contribution in [2.75, 3.05) is 6.61 Å². The first-order chi connectivity index (χ1) is 15.7. The van der Waals surface area contributed by atoms with Crippen molar-refractivity contribution in [1.82, 2.24) is 0 Å². The van der Waals surface area contributed by atoms with Gasteiger partial charge in [0, 0.05) is 11.1 Å². The summed E-state index contributed by atoms with van der Waals surface area (Å²) in [5.41, 5.74) is -2.30. The first kappa shape index (κ1) is 23.2. The molecule has 0 radical (unpaired) electrons. The molecule has 0 N–H and O–H groups in total. The third kappa shape index (κ3) is 4.85. The quantitative estimate of drug-likeness (QED) is 0.250. The van der Waals surface area contributed by atoms with Crippen molar-refractivity contribution in [3.8, 4) is 16.9 Å². The van der Waals surface area contributed by atoms with Gasteiger partial charge in [-0.1, -0.05) is 43.7 Å². The Morgan fingerprint density at radius 2 is 1.67 bits per heavy atom. The van der Waals surface area contributed by atoms with Gasteiger partial charge >= 0.3 is 6.11 Å². The average Bonchev–Trinajstić information content (AvgIpc) is 3.60.